The number of hydrogen-bond acceptors (Lipinski definition) is 5. The number of halogens is 2. The molecule has 6 nitrogen and oxygen atoms in total. The Labute approximate surface area is 111 Å². The Morgan fingerprint density at radius 3 is 2.65 bits per heavy atom. The van der Waals surface area contributed by atoms with E-state index in [-0.39, 0.29) is 23.3 Å². The molecule has 0 fully saturated rings. The van der Waals surface area contributed by atoms with E-state index in [0.29, 0.717) is 0 Å². The van der Waals surface area contributed by atoms with E-state index in [1.807, 2.05) is 0 Å². The van der Waals surface area contributed by atoms with Crippen molar-refractivity contribution >= 4 is 5.95 Å². The first-order valence-corrected chi connectivity index (χ1v) is 5.61. The molecule has 3 aromatic rings. The lowest BCUT2D eigenvalue weighted by atomic mass is 10.2. The first-order valence-electron chi connectivity index (χ1n) is 5.61. The molecule has 20 heavy (non-hydrogen) atoms. The van der Waals surface area contributed by atoms with Crippen LogP contribution in [-0.2, 0) is 0 Å². The van der Waals surface area contributed by atoms with Gasteiger partial charge in [0, 0.05) is 12.4 Å². The van der Waals surface area contributed by atoms with E-state index in [4.69, 9.17) is 5.73 Å². The molecule has 1 aromatic carbocycles. The smallest absolute Gasteiger partial charge is 0.255 e. The van der Waals surface area contributed by atoms with Gasteiger partial charge in [0.05, 0.1) is 5.56 Å². The van der Waals surface area contributed by atoms with Gasteiger partial charge in [0.1, 0.15) is 0 Å². The van der Waals surface area contributed by atoms with Crippen molar-refractivity contribution < 1.29 is 8.78 Å². The van der Waals surface area contributed by atoms with E-state index < -0.39 is 11.6 Å². The van der Waals surface area contributed by atoms with Gasteiger partial charge in [-0.2, -0.15) is 20.1 Å². The molecule has 0 amide bonds. The molecule has 2 N–H and O–H groups in total. The number of aromatic nitrogens is 5. The molecule has 0 radical (unpaired) electrons. The lowest BCUT2D eigenvalue weighted by Gasteiger charge is -2.06. The maximum Gasteiger partial charge on any atom is 0.255 e. The van der Waals surface area contributed by atoms with Gasteiger partial charge in [-0.1, -0.05) is 6.07 Å². The van der Waals surface area contributed by atoms with Crippen LogP contribution in [0.3, 0.4) is 0 Å². The lowest BCUT2D eigenvalue weighted by Crippen LogP contribution is -2.08. The minimum Gasteiger partial charge on any atom is -0.368 e. The van der Waals surface area contributed by atoms with E-state index >= 15 is 0 Å². The lowest BCUT2D eigenvalue weighted by molar-refractivity contribution is 0.510. The predicted octanol–water partition coefficient (Wildman–Crippen LogP) is 1.58. The maximum atomic E-state index is 13.8. The van der Waals surface area contributed by atoms with E-state index in [2.05, 4.69) is 20.1 Å². The van der Waals surface area contributed by atoms with E-state index in [0.717, 1.165) is 6.07 Å². The number of nitrogens with two attached hydrogens (primary N) is 1. The molecule has 2 aromatic heterocycles. The largest absolute Gasteiger partial charge is 0.368 e. The van der Waals surface area contributed by atoms with Crippen molar-refractivity contribution in [3.05, 3.63) is 48.3 Å². The first kappa shape index (κ1) is 12.2. The molecular weight excluding hydrogens is 266 g/mol. The summed E-state index contributed by atoms with van der Waals surface area (Å²) in [6.07, 6.45) is 3.13. The molecule has 0 saturated carbocycles. The normalized spacial score (nSPS) is 10.7. The summed E-state index contributed by atoms with van der Waals surface area (Å²) in [6.45, 7) is 0. The molecule has 3 rings (SSSR count). The SMILES string of the molecule is Nc1nc(-c2cccc(F)c2F)nc(-n2cccn2)n1. The number of rotatable bonds is 2. The van der Waals surface area contributed by atoms with Gasteiger partial charge in [-0.05, 0) is 18.2 Å². The Hall–Kier alpha value is -2.90. The molecule has 0 saturated heterocycles. The molecule has 0 spiro atoms. The van der Waals surface area contributed by atoms with Crippen molar-refractivity contribution in [1.82, 2.24) is 24.7 Å². The van der Waals surface area contributed by atoms with Gasteiger partial charge in [-0.3, -0.25) is 0 Å². The van der Waals surface area contributed by atoms with Crippen LogP contribution in [0.15, 0.2) is 36.7 Å². The first-order chi connectivity index (χ1) is 9.65. The van der Waals surface area contributed by atoms with E-state index in [1.165, 1.54) is 23.0 Å². The summed E-state index contributed by atoms with van der Waals surface area (Å²) in [7, 11) is 0. The molecular formula is C12H8F2N6. The van der Waals surface area contributed by atoms with Crippen LogP contribution in [0.5, 0.6) is 0 Å². The fourth-order valence-corrected chi connectivity index (χ4v) is 1.67. The second-order valence-corrected chi connectivity index (χ2v) is 3.87. The number of hydrogen-bond donors (Lipinski definition) is 1. The molecule has 0 aliphatic rings. The molecule has 0 atom stereocenters. The average Bonchev–Trinajstić information content (AvgIpc) is 2.95. The van der Waals surface area contributed by atoms with Gasteiger partial charge in [0.25, 0.3) is 5.95 Å². The highest BCUT2D eigenvalue weighted by Crippen LogP contribution is 2.22. The third kappa shape index (κ3) is 2.07. The zero-order chi connectivity index (χ0) is 14.1. The summed E-state index contributed by atoms with van der Waals surface area (Å²) in [5.41, 5.74) is 5.48. The number of anilines is 1. The second kappa shape index (κ2) is 4.65. The average molecular weight is 274 g/mol. The van der Waals surface area contributed by atoms with Gasteiger partial charge in [-0.15, -0.1) is 0 Å². The maximum absolute atomic E-state index is 13.8. The van der Waals surface area contributed by atoms with E-state index in [1.54, 1.807) is 12.3 Å². The fraction of sp³-hybridized carbons (Fsp3) is 0. The Morgan fingerprint density at radius 1 is 1.05 bits per heavy atom. The van der Waals surface area contributed by atoms with Crippen LogP contribution in [0.4, 0.5) is 14.7 Å². The Kier molecular flexibility index (Phi) is 2.82. The molecule has 0 bridgehead atoms. The minimum absolute atomic E-state index is 0.0556. The highest BCUT2D eigenvalue weighted by atomic mass is 19.2. The van der Waals surface area contributed by atoms with Crippen molar-refractivity contribution in [3.63, 3.8) is 0 Å². The second-order valence-electron chi connectivity index (χ2n) is 3.87. The molecule has 0 unspecified atom stereocenters. The monoisotopic (exact) mass is 274 g/mol. The zero-order valence-corrected chi connectivity index (χ0v) is 10.0. The van der Waals surface area contributed by atoms with Gasteiger partial charge >= 0.3 is 0 Å². The van der Waals surface area contributed by atoms with Gasteiger partial charge in [-0.25, -0.2) is 13.5 Å². The number of nitrogens with zero attached hydrogens (tertiary/aromatic N) is 5. The highest BCUT2D eigenvalue weighted by Gasteiger charge is 2.15. The van der Waals surface area contributed by atoms with Crippen LogP contribution in [0, 0.1) is 11.6 Å². The van der Waals surface area contributed by atoms with Crippen LogP contribution in [-0.4, -0.2) is 24.7 Å². The van der Waals surface area contributed by atoms with Crippen LogP contribution < -0.4 is 5.73 Å². The summed E-state index contributed by atoms with van der Waals surface area (Å²) in [6, 6.07) is 5.40. The molecule has 0 aliphatic carbocycles. The molecule has 100 valence electrons. The third-order valence-electron chi connectivity index (χ3n) is 2.54. The summed E-state index contributed by atoms with van der Waals surface area (Å²) in [4.78, 5) is 11.8. The fourth-order valence-electron chi connectivity index (χ4n) is 1.67. The Balaban J connectivity index is 2.17. The van der Waals surface area contributed by atoms with Gasteiger partial charge in [0.15, 0.2) is 17.5 Å². The highest BCUT2D eigenvalue weighted by molar-refractivity contribution is 5.57. The zero-order valence-electron chi connectivity index (χ0n) is 10.0. The van der Waals surface area contributed by atoms with Crippen molar-refractivity contribution in [1.29, 1.82) is 0 Å². The van der Waals surface area contributed by atoms with Crippen molar-refractivity contribution in [3.8, 4) is 17.3 Å². The summed E-state index contributed by atoms with van der Waals surface area (Å²) in [5, 5.41) is 3.94. The molecule has 8 heteroatoms. The minimum atomic E-state index is -1.04. The molecule has 0 aliphatic heterocycles. The summed E-state index contributed by atoms with van der Waals surface area (Å²) in [5.74, 6) is -2.06. The summed E-state index contributed by atoms with van der Waals surface area (Å²) < 4.78 is 28.3. The van der Waals surface area contributed by atoms with Crippen molar-refractivity contribution in [2.75, 3.05) is 5.73 Å². The third-order valence-corrected chi connectivity index (χ3v) is 2.54. The topological polar surface area (TPSA) is 82.5 Å². The van der Waals surface area contributed by atoms with Gasteiger partial charge in [0.2, 0.25) is 5.95 Å². The predicted molar refractivity (Wildman–Crippen MR) is 66.7 cm³/mol. The van der Waals surface area contributed by atoms with Gasteiger partial charge < -0.3 is 5.73 Å². The Bertz CT molecular complexity index is 757. The standard InChI is InChI=1S/C12H8F2N6/c13-8-4-1-3-7(9(8)14)10-17-11(15)19-12(18-10)20-6-2-5-16-20/h1-6H,(H2,15,17,18,19). The number of nitrogen functional groups attached to an aromatic ring is 1. The Morgan fingerprint density at radius 2 is 1.90 bits per heavy atom. The van der Waals surface area contributed by atoms with Crippen molar-refractivity contribution in [2.24, 2.45) is 0 Å². The van der Waals surface area contributed by atoms with Crippen LogP contribution >= 0.6 is 0 Å². The van der Waals surface area contributed by atoms with Crippen LogP contribution in [0.2, 0.25) is 0 Å². The number of benzene rings is 1. The quantitative estimate of drug-likeness (QED) is 0.767. The molecule has 2 heterocycles. The van der Waals surface area contributed by atoms with Crippen LogP contribution in [0.1, 0.15) is 0 Å². The van der Waals surface area contributed by atoms with Crippen LogP contribution in [0.25, 0.3) is 17.3 Å². The van der Waals surface area contributed by atoms with E-state index in [9.17, 15) is 8.78 Å². The summed E-state index contributed by atoms with van der Waals surface area (Å²) >= 11 is 0. The van der Waals surface area contributed by atoms with Crippen molar-refractivity contribution in [2.45, 2.75) is 0 Å².